The van der Waals surface area contributed by atoms with E-state index < -0.39 is 0 Å². The number of fused-ring (bicyclic) bond motifs is 1. The van der Waals surface area contributed by atoms with Crippen molar-refractivity contribution in [2.75, 3.05) is 23.3 Å². The van der Waals surface area contributed by atoms with E-state index in [1.807, 2.05) is 12.1 Å². The minimum absolute atomic E-state index is 0.0799. The first-order valence-electron chi connectivity index (χ1n) is 7.54. The molecule has 5 heteroatoms. The highest BCUT2D eigenvalue weighted by atomic mass is 16.2. The van der Waals surface area contributed by atoms with Gasteiger partial charge >= 0.3 is 0 Å². The maximum absolute atomic E-state index is 12.2. The van der Waals surface area contributed by atoms with Crippen molar-refractivity contribution in [2.24, 2.45) is 0 Å². The van der Waals surface area contributed by atoms with E-state index in [1.165, 1.54) is 17.8 Å². The number of aromatic amines is 1. The highest BCUT2D eigenvalue weighted by Gasteiger charge is 2.17. The van der Waals surface area contributed by atoms with Crippen molar-refractivity contribution in [3.63, 3.8) is 0 Å². The monoisotopic (exact) mass is 297 g/mol. The van der Waals surface area contributed by atoms with Gasteiger partial charge in [-0.25, -0.2) is 0 Å². The van der Waals surface area contributed by atoms with Crippen LogP contribution in [0.25, 0.3) is 0 Å². The van der Waals surface area contributed by atoms with Gasteiger partial charge < -0.3 is 15.2 Å². The zero-order valence-electron chi connectivity index (χ0n) is 12.3. The molecule has 0 atom stereocenters. The number of amides is 1. The molecule has 1 aromatic heterocycles. The zero-order valence-corrected chi connectivity index (χ0v) is 12.3. The molecule has 0 saturated carbocycles. The second-order valence-electron chi connectivity index (χ2n) is 5.50. The Morgan fingerprint density at radius 3 is 2.86 bits per heavy atom. The Hall–Kier alpha value is -2.56. The van der Waals surface area contributed by atoms with Crippen molar-refractivity contribution >= 4 is 17.3 Å². The second-order valence-corrected chi connectivity index (χ2v) is 5.50. The van der Waals surface area contributed by atoms with Crippen LogP contribution in [-0.2, 0) is 11.2 Å². The summed E-state index contributed by atoms with van der Waals surface area (Å²) in [6.07, 6.45) is 4.81. The van der Waals surface area contributed by atoms with Crippen molar-refractivity contribution in [1.82, 2.24) is 4.98 Å². The SMILES string of the molecule is O=C(CN1CCCCc2ccccc21)Nc1ccc(=O)[nH]c1. The van der Waals surface area contributed by atoms with Gasteiger partial charge in [0.15, 0.2) is 0 Å². The molecule has 1 aromatic carbocycles. The third-order valence-corrected chi connectivity index (χ3v) is 3.86. The van der Waals surface area contributed by atoms with Crippen molar-refractivity contribution in [3.8, 4) is 0 Å². The van der Waals surface area contributed by atoms with Gasteiger partial charge in [0.25, 0.3) is 0 Å². The molecule has 5 nitrogen and oxygen atoms in total. The van der Waals surface area contributed by atoms with E-state index in [9.17, 15) is 9.59 Å². The Morgan fingerprint density at radius 2 is 2.05 bits per heavy atom. The van der Waals surface area contributed by atoms with Crippen LogP contribution in [0.1, 0.15) is 18.4 Å². The van der Waals surface area contributed by atoms with Crippen molar-refractivity contribution in [2.45, 2.75) is 19.3 Å². The van der Waals surface area contributed by atoms with Gasteiger partial charge in [-0.15, -0.1) is 0 Å². The van der Waals surface area contributed by atoms with Gasteiger partial charge in [-0.1, -0.05) is 18.2 Å². The molecule has 0 bridgehead atoms. The van der Waals surface area contributed by atoms with Crippen molar-refractivity contribution in [1.29, 1.82) is 0 Å². The molecule has 0 unspecified atom stereocenters. The number of benzene rings is 1. The number of nitrogens with zero attached hydrogens (tertiary/aromatic N) is 1. The van der Waals surface area contributed by atoms with E-state index in [2.05, 4.69) is 27.3 Å². The Balaban J connectivity index is 1.71. The van der Waals surface area contributed by atoms with E-state index in [1.54, 1.807) is 6.07 Å². The number of aromatic nitrogens is 1. The fraction of sp³-hybridized carbons (Fsp3) is 0.294. The Bertz CT molecular complexity index is 703. The average Bonchev–Trinajstić information content (AvgIpc) is 2.72. The number of anilines is 2. The van der Waals surface area contributed by atoms with Crippen LogP contribution in [0.4, 0.5) is 11.4 Å². The van der Waals surface area contributed by atoms with Gasteiger partial charge in [-0.3, -0.25) is 9.59 Å². The van der Waals surface area contributed by atoms with Crippen LogP contribution in [0.3, 0.4) is 0 Å². The number of H-pyrrole nitrogens is 1. The van der Waals surface area contributed by atoms with E-state index in [0.29, 0.717) is 12.2 Å². The van der Waals surface area contributed by atoms with E-state index in [-0.39, 0.29) is 11.5 Å². The highest BCUT2D eigenvalue weighted by molar-refractivity contribution is 5.94. The summed E-state index contributed by atoms with van der Waals surface area (Å²) in [7, 11) is 0. The van der Waals surface area contributed by atoms with Gasteiger partial charge in [-0.2, -0.15) is 0 Å². The number of pyridine rings is 1. The molecule has 0 spiro atoms. The smallest absolute Gasteiger partial charge is 0.248 e. The van der Waals surface area contributed by atoms with Gasteiger partial charge in [0.05, 0.1) is 12.2 Å². The predicted octanol–water partition coefficient (Wildman–Crippen LogP) is 2.16. The first kappa shape index (κ1) is 14.4. The first-order chi connectivity index (χ1) is 10.7. The lowest BCUT2D eigenvalue weighted by atomic mass is 10.1. The molecule has 0 radical (unpaired) electrons. The molecule has 22 heavy (non-hydrogen) atoms. The van der Waals surface area contributed by atoms with Crippen LogP contribution in [0, 0.1) is 0 Å². The normalized spacial score (nSPS) is 14.1. The first-order valence-corrected chi connectivity index (χ1v) is 7.54. The standard InChI is InChI=1S/C17H19N3O2/c21-16-9-8-14(11-18-16)19-17(22)12-20-10-4-3-6-13-5-1-2-7-15(13)20/h1-2,5,7-9,11H,3-4,6,10,12H2,(H,18,21)(H,19,22). The molecule has 1 aliphatic heterocycles. The zero-order chi connectivity index (χ0) is 15.4. The Kier molecular flexibility index (Phi) is 4.23. The number of hydrogen-bond acceptors (Lipinski definition) is 3. The molecule has 0 aliphatic carbocycles. The second kappa shape index (κ2) is 6.47. The fourth-order valence-electron chi connectivity index (χ4n) is 2.80. The molecule has 2 heterocycles. The molecule has 2 N–H and O–H groups in total. The van der Waals surface area contributed by atoms with Gasteiger partial charge in [-0.05, 0) is 37.0 Å². The molecule has 3 rings (SSSR count). The predicted molar refractivity (Wildman–Crippen MR) is 87.3 cm³/mol. The van der Waals surface area contributed by atoms with Crippen LogP contribution in [0.5, 0.6) is 0 Å². The van der Waals surface area contributed by atoms with Crippen molar-refractivity contribution < 1.29 is 4.79 Å². The summed E-state index contributed by atoms with van der Waals surface area (Å²) in [6.45, 7) is 1.20. The number of carbonyl (C=O) groups is 1. The third-order valence-electron chi connectivity index (χ3n) is 3.86. The lowest BCUT2D eigenvalue weighted by Gasteiger charge is -2.24. The average molecular weight is 297 g/mol. The largest absolute Gasteiger partial charge is 0.362 e. The Morgan fingerprint density at radius 1 is 1.18 bits per heavy atom. The van der Waals surface area contributed by atoms with E-state index in [0.717, 1.165) is 31.5 Å². The van der Waals surface area contributed by atoms with Crippen LogP contribution in [0.15, 0.2) is 47.4 Å². The van der Waals surface area contributed by atoms with Gasteiger partial charge in [0, 0.05) is 24.5 Å². The quantitative estimate of drug-likeness (QED) is 0.912. The van der Waals surface area contributed by atoms with E-state index >= 15 is 0 Å². The van der Waals surface area contributed by atoms with Gasteiger partial charge in [0.1, 0.15) is 0 Å². The van der Waals surface area contributed by atoms with Gasteiger partial charge in [0.2, 0.25) is 11.5 Å². The number of carbonyl (C=O) groups excluding carboxylic acids is 1. The molecule has 0 fully saturated rings. The van der Waals surface area contributed by atoms with Crippen LogP contribution < -0.4 is 15.8 Å². The fourth-order valence-corrected chi connectivity index (χ4v) is 2.80. The third kappa shape index (κ3) is 3.36. The summed E-state index contributed by atoms with van der Waals surface area (Å²) in [4.78, 5) is 27.9. The maximum Gasteiger partial charge on any atom is 0.248 e. The molecular formula is C17H19N3O2. The summed E-state index contributed by atoms with van der Waals surface area (Å²) in [6, 6.07) is 11.3. The van der Waals surface area contributed by atoms with Crippen LogP contribution in [-0.4, -0.2) is 24.0 Å². The molecule has 2 aromatic rings. The molecule has 1 aliphatic rings. The summed E-state index contributed by atoms with van der Waals surface area (Å²) < 4.78 is 0. The lowest BCUT2D eigenvalue weighted by Crippen LogP contribution is -2.34. The minimum Gasteiger partial charge on any atom is -0.362 e. The maximum atomic E-state index is 12.2. The number of nitrogens with one attached hydrogen (secondary N) is 2. The summed E-state index contributed by atoms with van der Waals surface area (Å²) in [5.41, 5.74) is 2.88. The molecule has 0 saturated heterocycles. The topological polar surface area (TPSA) is 65.2 Å². The molecule has 114 valence electrons. The van der Waals surface area contributed by atoms with Crippen LogP contribution >= 0.6 is 0 Å². The number of hydrogen-bond donors (Lipinski definition) is 2. The lowest BCUT2D eigenvalue weighted by molar-refractivity contribution is -0.115. The summed E-state index contributed by atoms with van der Waals surface area (Å²) in [5.74, 6) is -0.0799. The highest BCUT2D eigenvalue weighted by Crippen LogP contribution is 2.25. The van der Waals surface area contributed by atoms with E-state index in [4.69, 9.17) is 0 Å². The minimum atomic E-state index is -0.181. The number of rotatable bonds is 3. The Labute approximate surface area is 129 Å². The molecule has 1 amide bonds. The summed E-state index contributed by atoms with van der Waals surface area (Å²) >= 11 is 0. The number of para-hydroxylation sites is 1. The van der Waals surface area contributed by atoms with Crippen LogP contribution in [0.2, 0.25) is 0 Å². The van der Waals surface area contributed by atoms with Crippen molar-refractivity contribution in [3.05, 3.63) is 58.5 Å². The summed E-state index contributed by atoms with van der Waals surface area (Å²) in [5, 5.41) is 2.82. The molecular weight excluding hydrogens is 278 g/mol. The number of aryl methyl sites for hydroxylation is 1.